The van der Waals surface area contributed by atoms with Crippen molar-refractivity contribution in [1.82, 2.24) is 9.55 Å². The Hall–Kier alpha value is -0.810. The maximum atomic E-state index is 13.3. The molecule has 0 bridgehead atoms. The molecule has 0 saturated heterocycles. The number of imidazole rings is 1. The first-order valence-corrected chi connectivity index (χ1v) is 8.39. The van der Waals surface area contributed by atoms with Gasteiger partial charge in [0.2, 0.25) is 0 Å². The van der Waals surface area contributed by atoms with Gasteiger partial charge in [-0.3, -0.25) is 0 Å². The summed E-state index contributed by atoms with van der Waals surface area (Å²) < 4.78 is 16.0. The van der Waals surface area contributed by atoms with Gasteiger partial charge in [-0.2, -0.15) is 11.8 Å². The Kier molecular flexibility index (Phi) is 5.45. The third-order valence-corrected chi connectivity index (χ3v) is 4.24. The fourth-order valence-corrected chi connectivity index (χ4v) is 3.01. The molecular weight excluding hydrogens is 279 g/mol. The zero-order chi connectivity index (χ0) is 13.7. The number of H-pyrrole nitrogens is 1. The highest BCUT2D eigenvalue weighted by Gasteiger charge is 2.05. The Labute approximate surface area is 122 Å². The summed E-state index contributed by atoms with van der Waals surface area (Å²) in [4.78, 5) is 3.12. The van der Waals surface area contributed by atoms with Gasteiger partial charge in [0.1, 0.15) is 5.82 Å². The van der Waals surface area contributed by atoms with Crippen molar-refractivity contribution in [1.29, 1.82) is 0 Å². The number of nitrogens with one attached hydrogen (secondary N) is 1. The number of hydrogen-bond donors (Lipinski definition) is 1. The van der Waals surface area contributed by atoms with Gasteiger partial charge in [-0.25, -0.2) is 4.39 Å². The summed E-state index contributed by atoms with van der Waals surface area (Å²) in [5.74, 6) is 1.02. The van der Waals surface area contributed by atoms with E-state index in [-0.39, 0.29) is 5.82 Å². The van der Waals surface area contributed by atoms with E-state index >= 15 is 0 Å². The van der Waals surface area contributed by atoms with Crippen molar-refractivity contribution in [3.63, 3.8) is 0 Å². The normalized spacial score (nSPS) is 11.3. The lowest BCUT2D eigenvalue weighted by Gasteiger charge is -2.04. The summed E-state index contributed by atoms with van der Waals surface area (Å²) in [5, 5.41) is 0. The third-order valence-electron chi connectivity index (χ3n) is 3.22. The minimum Gasteiger partial charge on any atom is -0.331 e. The van der Waals surface area contributed by atoms with Crippen LogP contribution in [0.5, 0.6) is 0 Å². The number of aromatic amines is 1. The number of nitrogens with zero attached hydrogens (tertiary/aromatic N) is 1. The van der Waals surface area contributed by atoms with Crippen LogP contribution in [0.3, 0.4) is 0 Å². The van der Waals surface area contributed by atoms with Crippen LogP contribution < -0.4 is 0 Å². The van der Waals surface area contributed by atoms with Crippen LogP contribution in [0.4, 0.5) is 4.39 Å². The van der Waals surface area contributed by atoms with E-state index in [0.29, 0.717) is 4.77 Å². The smallest absolute Gasteiger partial charge is 0.178 e. The van der Waals surface area contributed by atoms with Gasteiger partial charge in [0.05, 0.1) is 11.0 Å². The van der Waals surface area contributed by atoms with Crippen LogP contribution >= 0.6 is 24.0 Å². The molecule has 1 aromatic heterocycles. The summed E-state index contributed by atoms with van der Waals surface area (Å²) in [7, 11) is 0. The zero-order valence-electron chi connectivity index (χ0n) is 11.1. The van der Waals surface area contributed by atoms with Crippen LogP contribution in [0.25, 0.3) is 11.0 Å². The molecule has 1 heterocycles. The van der Waals surface area contributed by atoms with Crippen molar-refractivity contribution < 1.29 is 4.39 Å². The van der Waals surface area contributed by atoms with E-state index in [4.69, 9.17) is 12.2 Å². The van der Waals surface area contributed by atoms with Crippen molar-refractivity contribution in [3.05, 3.63) is 28.8 Å². The average molecular weight is 298 g/mol. The molecule has 0 aliphatic heterocycles. The standard InChI is InChI=1S/C14H19FN2S2/c1-19-9-5-3-2-4-8-17-13-10-11(15)6-7-12(13)16-14(17)18/h6-7,10H,2-5,8-9H2,1H3,(H,16,18). The van der Waals surface area contributed by atoms with E-state index in [1.807, 2.05) is 16.3 Å². The van der Waals surface area contributed by atoms with Gasteiger partial charge in [-0.1, -0.05) is 12.8 Å². The molecule has 2 rings (SSSR count). The first-order valence-electron chi connectivity index (χ1n) is 6.59. The highest BCUT2D eigenvalue weighted by atomic mass is 32.2. The van der Waals surface area contributed by atoms with E-state index in [9.17, 15) is 4.39 Å². The number of unbranched alkanes of at least 4 members (excludes halogenated alkanes) is 3. The molecule has 19 heavy (non-hydrogen) atoms. The highest BCUT2D eigenvalue weighted by Crippen LogP contribution is 2.17. The largest absolute Gasteiger partial charge is 0.331 e. The second-order valence-electron chi connectivity index (χ2n) is 4.65. The molecule has 2 nitrogen and oxygen atoms in total. The van der Waals surface area contributed by atoms with Gasteiger partial charge in [0, 0.05) is 6.54 Å². The molecule has 2 aromatic rings. The fraction of sp³-hybridized carbons (Fsp3) is 0.500. The lowest BCUT2D eigenvalue weighted by atomic mass is 10.2. The zero-order valence-corrected chi connectivity index (χ0v) is 12.7. The Morgan fingerprint density at radius 2 is 2.05 bits per heavy atom. The number of aryl methyl sites for hydroxylation is 1. The monoisotopic (exact) mass is 298 g/mol. The van der Waals surface area contributed by atoms with Crippen LogP contribution in [-0.4, -0.2) is 21.6 Å². The SMILES string of the molecule is CSCCCCCCn1c(=S)[nH]c2ccc(F)cc21. The van der Waals surface area contributed by atoms with E-state index in [0.717, 1.165) is 24.0 Å². The van der Waals surface area contributed by atoms with Gasteiger partial charge in [-0.05, 0) is 55.3 Å². The number of benzene rings is 1. The second kappa shape index (κ2) is 7.10. The summed E-state index contributed by atoms with van der Waals surface area (Å²) >= 11 is 7.19. The lowest BCUT2D eigenvalue weighted by molar-refractivity contribution is 0.587. The van der Waals surface area contributed by atoms with Gasteiger partial charge in [0.15, 0.2) is 4.77 Å². The fourth-order valence-electron chi connectivity index (χ4n) is 2.22. The summed E-state index contributed by atoms with van der Waals surface area (Å²) in [6.07, 6.45) is 6.95. The van der Waals surface area contributed by atoms with Crippen molar-refractivity contribution in [2.75, 3.05) is 12.0 Å². The van der Waals surface area contributed by atoms with E-state index < -0.39 is 0 Å². The molecule has 0 amide bonds. The minimum atomic E-state index is -0.213. The summed E-state index contributed by atoms with van der Waals surface area (Å²) in [6, 6.07) is 4.76. The molecule has 104 valence electrons. The van der Waals surface area contributed by atoms with Crippen LogP contribution in [0, 0.1) is 10.6 Å². The van der Waals surface area contributed by atoms with E-state index in [1.165, 1.54) is 31.1 Å². The predicted molar refractivity (Wildman–Crippen MR) is 83.9 cm³/mol. The lowest BCUT2D eigenvalue weighted by Crippen LogP contribution is -1.98. The average Bonchev–Trinajstić information content (AvgIpc) is 2.69. The molecular formula is C14H19FN2S2. The minimum absolute atomic E-state index is 0.213. The number of thioether (sulfide) groups is 1. The molecule has 5 heteroatoms. The summed E-state index contributed by atoms with van der Waals surface area (Å²) in [6.45, 7) is 0.863. The molecule has 1 aromatic carbocycles. The topological polar surface area (TPSA) is 20.7 Å². The second-order valence-corrected chi connectivity index (χ2v) is 6.02. The maximum absolute atomic E-state index is 13.3. The molecule has 1 N–H and O–H groups in total. The Balaban J connectivity index is 1.98. The molecule has 0 saturated carbocycles. The van der Waals surface area contributed by atoms with Crippen molar-refractivity contribution in [2.45, 2.75) is 32.2 Å². The quantitative estimate of drug-likeness (QED) is 0.587. The molecule has 0 atom stereocenters. The number of hydrogen-bond acceptors (Lipinski definition) is 2. The van der Waals surface area contributed by atoms with Gasteiger partial charge in [-0.15, -0.1) is 0 Å². The van der Waals surface area contributed by atoms with Crippen LogP contribution in [0.2, 0.25) is 0 Å². The van der Waals surface area contributed by atoms with Crippen LogP contribution in [0.1, 0.15) is 25.7 Å². The molecule has 0 unspecified atom stereocenters. The Morgan fingerprint density at radius 3 is 2.84 bits per heavy atom. The predicted octanol–water partition coefficient (Wildman–Crippen LogP) is 4.76. The Morgan fingerprint density at radius 1 is 1.26 bits per heavy atom. The van der Waals surface area contributed by atoms with Gasteiger partial charge >= 0.3 is 0 Å². The first kappa shape index (κ1) is 14.6. The van der Waals surface area contributed by atoms with Crippen molar-refractivity contribution in [3.8, 4) is 0 Å². The van der Waals surface area contributed by atoms with Crippen LogP contribution in [0.15, 0.2) is 18.2 Å². The van der Waals surface area contributed by atoms with E-state index in [1.54, 1.807) is 12.1 Å². The molecule has 0 aliphatic carbocycles. The molecule has 0 aliphatic rings. The molecule has 0 fully saturated rings. The third kappa shape index (κ3) is 3.83. The van der Waals surface area contributed by atoms with Gasteiger partial charge in [0.25, 0.3) is 0 Å². The van der Waals surface area contributed by atoms with Crippen molar-refractivity contribution >= 4 is 35.0 Å². The number of rotatable bonds is 7. The highest BCUT2D eigenvalue weighted by molar-refractivity contribution is 7.98. The van der Waals surface area contributed by atoms with Crippen molar-refractivity contribution in [2.24, 2.45) is 0 Å². The number of fused-ring (bicyclic) bond motifs is 1. The molecule has 0 radical (unpaired) electrons. The van der Waals surface area contributed by atoms with Gasteiger partial charge < -0.3 is 9.55 Å². The maximum Gasteiger partial charge on any atom is 0.178 e. The number of halogens is 1. The Bertz CT molecular complexity index is 589. The summed E-state index contributed by atoms with van der Waals surface area (Å²) in [5.41, 5.74) is 1.78. The number of aromatic nitrogens is 2. The first-order chi connectivity index (χ1) is 9.22. The molecule has 0 spiro atoms. The van der Waals surface area contributed by atoms with Crippen LogP contribution in [-0.2, 0) is 6.54 Å². The van der Waals surface area contributed by atoms with E-state index in [2.05, 4.69) is 11.2 Å².